The third-order valence-electron chi connectivity index (χ3n) is 2.00. The van der Waals surface area contributed by atoms with Gasteiger partial charge in [-0.25, -0.2) is 0 Å². The second kappa shape index (κ2) is 5.57. The highest BCUT2D eigenvalue weighted by Gasteiger charge is 2.04. The number of hydrogen-bond donors (Lipinski definition) is 0. The van der Waals surface area contributed by atoms with Crippen LogP contribution in [0.5, 0.6) is 0 Å². The summed E-state index contributed by atoms with van der Waals surface area (Å²) in [5, 5.41) is 0. The molecule has 0 unspecified atom stereocenters. The van der Waals surface area contributed by atoms with E-state index in [9.17, 15) is 4.79 Å². The van der Waals surface area contributed by atoms with Crippen molar-refractivity contribution in [3.05, 3.63) is 23.8 Å². The van der Waals surface area contributed by atoms with E-state index in [2.05, 4.69) is 13.0 Å². The Morgan fingerprint density at radius 3 is 3.08 bits per heavy atom. The SMILES string of the molecule is CCCCC(=O)OCC1=CC=CC1. The van der Waals surface area contributed by atoms with Crippen LogP contribution in [0, 0.1) is 0 Å². The van der Waals surface area contributed by atoms with Gasteiger partial charge in [0, 0.05) is 6.42 Å². The fourth-order valence-electron chi connectivity index (χ4n) is 1.17. The number of carbonyl (C=O) groups is 1. The van der Waals surface area contributed by atoms with Crippen molar-refractivity contribution in [2.75, 3.05) is 6.61 Å². The molecule has 0 aromatic rings. The van der Waals surface area contributed by atoms with Gasteiger partial charge >= 0.3 is 5.97 Å². The molecule has 0 saturated carbocycles. The highest BCUT2D eigenvalue weighted by atomic mass is 16.5. The lowest BCUT2D eigenvalue weighted by atomic mass is 10.2. The van der Waals surface area contributed by atoms with Crippen molar-refractivity contribution in [2.45, 2.75) is 32.6 Å². The van der Waals surface area contributed by atoms with E-state index in [1.807, 2.05) is 12.2 Å². The Kier molecular flexibility index (Phi) is 4.30. The minimum absolute atomic E-state index is 0.0744. The van der Waals surface area contributed by atoms with Crippen LogP contribution in [-0.4, -0.2) is 12.6 Å². The van der Waals surface area contributed by atoms with Crippen LogP contribution >= 0.6 is 0 Å². The van der Waals surface area contributed by atoms with E-state index in [1.54, 1.807) is 0 Å². The summed E-state index contributed by atoms with van der Waals surface area (Å²) in [5.74, 6) is -0.0744. The highest BCUT2D eigenvalue weighted by Crippen LogP contribution is 2.10. The Hall–Kier alpha value is -1.05. The zero-order valence-electron chi connectivity index (χ0n) is 8.08. The Morgan fingerprint density at radius 2 is 2.46 bits per heavy atom. The molecule has 0 radical (unpaired) electrons. The molecular formula is C11H16O2. The van der Waals surface area contributed by atoms with E-state index >= 15 is 0 Å². The molecule has 72 valence electrons. The lowest BCUT2D eigenvalue weighted by molar-refractivity contribution is -0.142. The smallest absolute Gasteiger partial charge is 0.306 e. The lowest BCUT2D eigenvalue weighted by Gasteiger charge is -2.04. The second-order valence-corrected chi connectivity index (χ2v) is 3.22. The van der Waals surface area contributed by atoms with Gasteiger partial charge in [0.05, 0.1) is 0 Å². The summed E-state index contributed by atoms with van der Waals surface area (Å²) in [4.78, 5) is 11.1. The third-order valence-corrected chi connectivity index (χ3v) is 2.00. The number of esters is 1. The maximum absolute atomic E-state index is 11.1. The molecule has 2 nitrogen and oxygen atoms in total. The molecule has 13 heavy (non-hydrogen) atoms. The van der Waals surface area contributed by atoms with Gasteiger partial charge in [0.25, 0.3) is 0 Å². The predicted octanol–water partition coefficient (Wildman–Crippen LogP) is 2.61. The molecule has 0 N–H and O–H groups in total. The van der Waals surface area contributed by atoms with Gasteiger partial charge in [-0.15, -0.1) is 0 Å². The number of carbonyl (C=O) groups excluding carboxylic acids is 1. The molecule has 0 aromatic heterocycles. The van der Waals surface area contributed by atoms with Crippen LogP contribution in [0.4, 0.5) is 0 Å². The van der Waals surface area contributed by atoms with Gasteiger partial charge in [0.2, 0.25) is 0 Å². The van der Waals surface area contributed by atoms with Gasteiger partial charge < -0.3 is 4.74 Å². The molecule has 0 saturated heterocycles. The highest BCUT2D eigenvalue weighted by molar-refractivity contribution is 5.69. The van der Waals surface area contributed by atoms with Crippen LogP contribution in [0.15, 0.2) is 23.8 Å². The summed E-state index contributed by atoms with van der Waals surface area (Å²) in [7, 11) is 0. The van der Waals surface area contributed by atoms with Crippen molar-refractivity contribution >= 4 is 5.97 Å². The van der Waals surface area contributed by atoms with Crippen LogP contribution in [0.1, 0.15) is 32.6 Å². The van der Waals surface area contributed by atoms with Crippen molar-refractivity contribution in [2.24, 2.45) is 0 Å². The Morgan fingerprint density at radius 1 is 1.62 bits per heavy atom. The quantitative estimate of drug-likeness (QED) is 0.608. The van der Waals surface area contributed by atoms with Gasteiger partial charge in [0.15, 0.2) is 0 Å². The molecule has 1 aliphatic rings. The maximum Gasteiger partial charge on any atom is 0.306 e. The fraction of sp³-hybridized carbons (Fsp3) is 0.545. The first-order valence-electron chi connectivity index (χ1n) is 4.83. The molecule has 1 aliphatic carbocycles. The van der Waals surface area contributed by atoms with Crippen LogP contribution in [-0.2, 0) is 9.53 Å². The molecule has 2 heteroatoms. The van der Waals surface area contributed by atoms with Crippen molar-refractivity contribution in [1.29, 1.82) is 0 Å². The zero-order valence-corrected chi connectivity index (χ0v) is 8.08. The maximum atomic E-state index is 11.1. The normalized spacial score (nSPS) is 14.4. The zero-order chi connectivity index (χ0) is 9.52. The van der Waals surface area contributed by atoms with Gasteiger partial charge in [-0.1, -0.05) is 31.6 Å². The Balaban J connectivity index is 2.08. The molecule has 0 aromatic carbocycles. The molecule has 0 amide bonds. The van der Waals surface area contributed by atoms with Gasteiger partial charge in [-0.05, 0) is 18.4 Å². The van der Waals surface area contributed by atoms with Crippen LogP contribution in [0.3, 0.4) is 0 Å². The summed E-state index contributed by atoms with van der Waals surface area (Å²) in [6, 6.07) is 0. The van der Waals surface area contributed by atoms with Crippen molar-refractivity contribution in [1.82, 2.24) is 0 Å². The lowest BCUT2D eigenvalue weighted by Crippen LogP contribution is -2.06. The van der Waals surface area contributed by atoms with Gasteiger partial charge in [-0.2, -0.15) is 0 Å². The fourth-order valence-corrected chi connectivity index (χ4v) is 1.17. The van der Waals surface area contributed by atoms with E-state index in [4.69, 9.17) is 4.74 Å². The molecule has 0 atom stereocenters. The summed E-state index contributed by atoms with van der Waals surface area (Å²) < 4.78 is 5.08. The molecule has 0 fully saturated rings. The second-order valence-electron chi connectivity index (χ2n) is 3.22. The van der Waals surface area contributed by atoms with E-state index in [0.717, 1.165) is 19.3 Å². The molecule has 0 aliphatic heterocycles. The van der Waals surface area contributed by atoms with Crippen molar-refractivity contribution in [3.63, 3.8) is 0 Å². The van der Waals surface area contributed by atoms with Gasteiger partial charge in [-0.3, -0.25) is 4.79 Å². The molecule has 1 rings (SSSR count). The number of hydrogen-bond acceptors (Lipinski definition) is 2. The Bertz CT molecular complexity index is 226. The molecule has 0 bridgehead atoms. The Labute approximate surface area is 79.3 Å². The first kappa shape index (κ1) is 10.0. The van der Waals surface area contributed by atoms with Crippen LogP contribution in [0.2, 0.25) is 0 Å². The van der Waals surface area contributed by atoms with E-state index < -0.39 is 0 Å². The number of unbranched alkanes of at least 4 members (excludes halogenated alkanes) is 1. The average Bonchev–Trinajstić information content (AvgIpc) is 2.64. The summed E-state index contributed by atoms with van der Waals surface area (Å²) in [6.07, 6.45) is 9.52. The topological polar surface area (TPSA) is 26.3 Å². The number of rotatable bonds is 5. The largest absolute Gasteiger partial charge is 0.461 e. The van der Waals surface area contributed by atoms with Crippen molar-refractivity contribution in [3.8, 4) is 0 Å². The van der Waals surface area contributed by atoms with E-state index in [1.165, 1.54) is 5.57 Å². The van der Waals surface area contributed by atoms with E-state index in [-0.39, 0.29) is 5.97 Å². The monoisotopic (exact) mass is 180 g/mol. The standard InChI is InChI=1S/C11H16O2/c1-2-3-8-11(12)13-9-10-6-4-5-7-10/h4-6H,2-3,7-9H2,1H3. The van der Waals surface area contributed by atoms with Crippen molar-refractivity contribution < 1.29 is 9.53 Å². The van der Waals surface area contributed by atoms with Crippen LogP contribution < -0.4 is 0 Å². The number of allylic oxidation sites excluding steroid dienone is 3. The average molecular weight is 180 g/mol. The van der Waals surface area contributed by atoms with Gasteiger partial charge in [0.1, 0.15) is 6.61 Å². The minimum atomic E-state index is -0.0744. The van der Waals surface area contributed by atoms with E-state index in [0.29, 0.717) is 13.0 Å². The number of ether oxygens (including phenoxy) is 1. The molecular weight excluding hydrogens is 164 g/mol. The molecule has 0 heterocycles. The first-order chi connectivity index (χ1) is 6.33. The summed E-state index contributed by atoms with van der Waals surface area (Å²) in [6.45, 7) is 2.53. The first-order valence-corrected chi connectivity index (χ1v) is 4.83. The summed E-state index contributed by atoms with van der Waals surface area (Å²) >= 11 is 0. The third kappa shape index (κ3) is 3.92. The molecule has 0 spiro atoms. The minimum Gasteiger partial charge on any atom is -0.461 e. The predicted molar refractivity (Wildman–Crippen MR) is 52.3 cm³/mol. The summed E-state index contributed by atoms with van der Waals surface area (Å²) in [5.41, 5.74) is 1.19. The van der Waals surface area contributed by atoms with Crippen LogP contribution in [0.25, 0.3) is 0 Å².